The van der Waals surface area contributed by atoms with Gasteiger partial charge in [-0.3, -0.25) is 14.5 Å². The van der Waals surface area contributed by atoms with Gasteiger partial charge in [0.05, 0.1) is 25.7 Å². The molecule has 4 saturated heterocycles. The first-order valence-electron chi connectivity index (χ1n) is 10.4. The maximum atomic E-state index is 12.9. The summed E-state index contributed by atoms with van der Waals surface area (Å²) in [4.78, 5) is 29.9. The molecule has 4 fully saturated rings. The highest BCUT2D eigenvalue weighted by atomic mass is 19.4. The first-order valence-corrected chi connectivity index (χ1v) is 10.4. The highest BCUT2D eigenvalue weighted by molar-refractivity contribution is 5.78. The van der Waals surface area contributed by atoms with Crippen LogP contribution in [0.15, 0.2) is 0 Å². The lowest BCUT2D eigenvalue weighted by Gasteiger charge is -2.36. The highest BCUT2D eigenvalue weighted by Crippen LogP contribution is 2.37. The van der Waals surface area contributed by atoms with E-state index in [1.165, 1.54) is 0 Å². The lowest BCUT2D eigenvalue weighted by Crippen LogP contribution is -2.47. The van der Waals surface area contributed by atoms with Gasteiger partial charge in [0.25, 0.3) is 5.91 Å². The molecule has 172 valence electrons. The van der Waals surface area contributed by atoms with Gasteiger partial charge in [0.1, 0.15) is 0 Å². The van der Waals surface area contributed by atoms with E-state index in [1.807, 2.05) is 0 Å². The maximum Gasteiger partial charge on any atom is 0.490 e. The van der Waals surface area contributed by atoms with Crippen molar-refractivity contribution >= 4 is 11.9 Å². The highest BCUT2D eigenvalue weighted by Gasteiger charge is 2.46. The van der Waals surface area contributed by atoms with Crippen LogP contribution >= 0.6 is 0 Å². The molecule has 0 spiro atoms. The zero-order chi connectivity index (χ0) is 21.7. The Labute approximate surface area is 173 Å². The average Bonchev–Trinajstić information content (AvgIpc) is 3.19. The second-order valence-electron chi connectivity index (χ2n) is 8.15. The Morgan fingerprint density at radius 3 is 2.27 bits per heavy atom. The number of hydrogen-bond donors (Lipinski definition) is 1. The van der Waals surface area contributed by atoms with Crippen LogP contribution in [0.4, 0.5) is 13.2 Å². The van der Waals surface area contributed by atoms with Crippen LogP contribution in [-0.2, 0) is 23.9 Å². The maximum absolute atomic E-state index is 12.9. The summed E-state index contributed by atoms with van der Waals surface area (Å²) in [7, 11) is 0. The smallest absolute Gasteiger partial charge is 0.475 e. The summed E-state index contributed by atoms with van der Waals surface area (Å²) in [5, 5.41) is 8.73. The molecule has 0 aromatic rings. The van der Waals surface area contributed by atoms with Gasteiger partial charge in [-0.25, -0.2) is 9.86 Å². The number of rotatable bonds is 2. The Bertz CT molecular complexity index is 593. The predicted octanol–water partition coefficient (Wildman–Crippen LogP) is 1.55. The van der Waals surface area contributed by atoms with Crippen LogP contribution in [0.25, 0.3) is 0 Å². The first kappa shape index (κ1) is 23.2. The molecule has 0 aliphatic carbocycles. The van der Waals surface area contributed by atoms with Crippen molar-refractivity contribution in [2.24, 2.45) is 17.8 Å². The van der Waals surface area contributed by atoms with Crippen LogP contribution < -0.4 is 0 Å². The number of carboxylic acids is 1. The van der Waals surface area contributed by atoms with Crippen LogP contribution in [0, 0.1) is 17.8 Å². The Kier molecular flexibility index (Phi) is 7.94. The van der Waals surface area contributed by atoms with E-state index in [1.54, 1.807) is 5.06 Å². The quantitative estimate of drug-likeness (QED) is 0.700. The number of hydrogen-bond acceptors (Lipinski definition) is 6. The Morgan fingerprint density at radius 1 is 0.967 bits per heavy atom. The first-order chi connectivity index (χ1) is 14.3. The van der Waals surface area contributed by atoms with Gasteiger partial charge in [-0.1, -0.05) is 0 Å². The van der Waals surface area contributed by atoms with Crippen molar-refractivity contribution in [2.75, 3.05) is 52.7 Å². The molecule has 1 N–H and O–H groups in total. The van der Waals surface area contributed by atoms with E-state index in [2.05, 4.69) is 4.90 Å². The zero-order valence-corrected chi connectivity index (χ0v) is 16.8. The minimum absolute atomic E-state index is 0.0308. The summed E-state index contributed by atoms with van der Waals surface area (Å²) in [5.41, 5.74) is 0. The van der Waals surface area contributed by atoms with Gasteiger partial charge in [0.2, 0.25) is 0 Å². The van der Waals surface area contributed by atoms with Crippen molar-refractivity contribution in [3.63, 3.8) is 0 Å². The van der Waals surface area contributed by atoms with Gasteiger partial charge in [0.15, 0.2) is 0 Å². The van der Waals surface area contributed by atoms with Gasteiger partial charge in [-0.15, -0.1) is 0 Å². The van der Waals surface area contributed by atoms with Gasteiger partial charge in [-0.05, 0) is 37.5 Å². The molecule has 11 heteroatoms. The lowest BCUT2D eigenvalue weighted by atomic mass is 9.82. The summed E-state index contributed by atoms with van der Waals surface area (Å²) in [6, 6.07) is 0.622. The molecule has 0 saturated carbocycles. The number of halogens is 3. The fourth-order valence-corrected chi connectivity index (χ4v) is 4.59. The van der Waals surface area contributed by atoms with E-state index in [9.17, 15) is 18.0 Å². The second kappa shape index (κ2) is 10.3. The minimum atomic E-state index is -5.08. The Morgan fingerprint density at radius 2 is 1.67 bits per heavy atom. The monoisotopic (exact) mass is 438 g/mol. The molecule has 30 heavy (non-hydrogen) atoms. The molecule has 0 aromatic heterocycles. The number of carbonyl (C=O) groups excluding carboxylic acids is 1. The van der Waals surface area contributed by atoms with Gasteiger partial charge in [0, 0.05) is 38.9 Å². The third-order valence-corrected chi connectivity index (χ3v) is 6.18. The van der Waals surface area contributed by atoms with Crippen LogP contribution in [0.1, 0.15) is 25.7 Å². The number of hydroxylamine groups is 2. The number of alkyl halides is 3. The topological polar surface area (TPSA) is 88.5 Å². The number of fused-ring (bicyclic) bond motifs is 1. The molecular formula is C19H29F3N2O6. The molecule has 1 amide bonds. The number of carboxylic acid groups (broad SMARTS) is 1. The summed E-state index contributed by atoms with van der Waals surface area (Å²) >= 11 is 0. The van der Waals surface area contributed by atoms with Crippen molar-refractivity contribution < 1.29 is 42.2 Å². The van der Waals surface area contributed by atoms with Crippen LogP contribution in [0.3, 0.4) is 0 Å². The molecule has 0 bridgehead atoms. The van der Waals surface area contributed by atoms with Gasteiger partial charge >= 0.3 is 12.1 Å². The van der Waals surface area contributed by atoms with Crippen molar-refractivity contribution in [1.82, 2.24) is 9.96 Å². The number of aliphatic carboxylic acids is 1. The average molecular weight is 438 g/mol. The summed E-state index contributed by atoms with van der Waals surface area (Å²) in [6.45, 7) is 6.60. The van der Waals surface area contributed by atoms with E-state index in [0.717, 1.165) is 65.1 Å². The normalized spacial score (nSPS) is 30.9. The minimum Gasteiger partial charge on any atom is -0.475 e. The third kappa shape index (κ3) is 5.83. The van der Waals surface area contributed by atoms with Crippen molar-refractivity contribution in [2.45, 2.75) is 37.9 Å². The summed E-state index contributed by atoms with van der Waals surface area (Å²) in [6.07, 6.45) is -0.752. The summed E-state index contributed by atoms with van der Waals surface area (Å²) in [5.74, 6) is -1.73. The second-order valence-corrected chi connectivity index (χ2v) is 8.15. The molecule has 0 radical (unpaired) electrons. The van der Waals surface area contributed by atoms with Crippen LogP contribution in [-0.4, -0.2) is 91.8 Å². The number of amides is 1. The van der Waals surface area contributed by atoms with E-state index in [-0.39, 0.29) is 11.8 Å². The molecular weight excluding hydrogens is 409 g/mol. The zero-order valence-electron chi connectivity index (χ0n) is 16.8. The molecule has 4 aliphatic rings. The molecule has 0 aromatic carbocycles. The molecule has 0 unspecified atom stereocenters. The Hall–Kier alpha value is -1.43. The largest absolute Gasteiger partial charge is 0.490 e. The SMILES string of the molecule is O=C(O)C(F)(F)F.O=C([C@@H]1COC[C@H]2CN(C3CCOCC3)C[C@H]21)N1CCCCO1. The van der Waals surface area contributed by atoms with Crippen LogP contribution in [0.5, 0.6) is 0 Å². The molecule has 3 atom stereocenters. The summed E-state index contributed by atoms with van der Waals surface area (Å²) < 4.78 is 43.0. The number of likely N-dealkylation sites (tertiary alicyclic amines) is 1. The fourth-order valence-electron chi connectivity index (χ4n) is 4.59. The molecule has 8 nitrogen and oxygen atoms in total. The molecule has 4 rings (SSSR count). The van der Waals surface area contributed by atoms with Crippen molar-refractivity contribution in [1.29, 1.82) is 0 Å². The van der Waals surface area contributed by atoms with E-state index in [0.29, 0.717) is 31.1 Å². The number of carbonyl (C=O) groups is 2. The van der Waals surface area contributed by atoms with Crippen molar-refractivity contribution in [3.8, 4) is 0 Å². The van der Waals surface area contributed by atoms with Gasteiger partial charge < -0.3 is 14.6 Å². The predicted molar refractivity (Wildman–Crippen MR) is 97.3 cm³/mol. The molecule has 4 aliphatic heterocycles. The number of ether oxygens (including phenoxy) is 2. The number of nitrogens with zero attached hydrogens (tertiary/aromatic N) is 2. The van der Waals surface area contributed by atoms with Gasteiger partial charge in [-0.2, -0.15) is 13.2 Å². The van der Waals surface area contributed by atoms with E-state index >= 15 is 0 Å². The standard InChI is InChI=1S/C17H28N2O4.C2HF3O2/c20-17(19-5-1-2-6-23-19)16-12-22-11-13-9-18(10-15(13)16)14-3-7-21-8-4-14;3-2(4,5)1(6)7/h13-16H,1-12H2;(H,6,7)/t13-,15-,16-;/m1./s1. The van der Waals surface area contributed by atoms with Crippen LogP contribution in [0.2, 0.25) is 0 Å². The Balaban J connectivity index is 0.000000318. The van der Waals surface area contributed by atoms with E-state index in [4.69, 9.17) is 24.2 Å². The van der Waals surface area contributed by atoms with E-state index < -0.39 is 12.1 Å². The van der Waals surface area contributed by atoms with Crippen molar-refractivity contribution in [3.05, 3.63) is 0 Å². The fraction of sp³-hybridized carbons (Fsp3) is 0.895. The lowest BCUT2D eigenvalue weighted by molar-refractivity contribution is -0.207. The third-order valence-electron chi connectivity index (χ3n) is 6.18. The molecule has 4 heterocycles.